The summed E-state index contributed by atoms with van der Waals surface area (Å²) in [6.45, 7) is 4.36. The van der Waals surface area contributed by atoms with E-state index < -0.39 is 0 Å². The Hall–Kier alpha value is -7.62. The number of aromatic nitrogens is 1. The van der Waals surface area contributed by atoms with Crippen LogP contribution in [0.15, 0.2) is 216 Å². The Balaban J connectivity index is 1.18. The summed E-state index contributed by atoms with van der Waals surface area (Å²) in [6.07, 6.45) is 4.40. The standard InChI is InChI=1S/C56H40N2O/c1-3-16-43(41-32-34-55-50(36-41)49-33-31-39-18-5-7-23-46(39)56(49)59-55)37(2)57(42-21-14-20-40(35-42)45-26-15-19-38-17-4-6-22-44(38)45)53-29-12-13-30-54(53)58-51-27-10-8-24-47(51)48-25-9-11-28-52(48)58/h3-36H,1-2H3/b16-3-,43-37-. The molecule has 0 saturated carbocycles. The minimum atomic E-state index is 0.883. The second-order valence-corrected chi connectivity index (χ2v) is 15.2. The highest BCUT2D eigenvalue weighted by Crippen LogP contribution is 2.43. The van der Waals surface area contributed by atoms with E-state index in [-0.39, 0.29) is 0 Å². The fourth-order valence-electron chi connectivity index (χ4n) is 9.21. The van der Waals surface area contributed by atoms with Gasteiger partial charge in [-0.05, 0) is 101 Å². The largest absolute Gasteiger partial charge is 0.455 e. The molecule has 0 N–H and O–H groups in total. The topological polar surface area (TPSA) is 21.3 Å². The molecule has 2 heterocycles. The molecular weight excluding hydrogens is 717 g/mol. The van der Waals surface area contributed by atoms with Gasteiger partial charge in [0.15, 0.2) is 0 Å². The van der Waals surface area contributed by atoms with Crippen molar-refractivity contribution >= 4 is 82.2 Å². The number of para-hydroxylation sites is 4. The molecule has 280 valence electrons. The smallest absolute Gasteiger partial charge is 0.143 e. The molecule has 0 unspecified atom stereocenters. The van der Waals surface area contributed by atoms with Gasteiger partial charge in [0.1, 0.15) is 11.2 Å². The zero-order valence-corrected chi connectivity index (χ0v) is 32.9. The number of hydrogen-bond acceptors (Lipinski definition) is 2. The summed E-state index contributed by atoms with van der Waals surface area (Å²) in [4.78, 5) is 2.45. The molecule has 0 fully saturated rings. The van der Waals surface area contributed by atoms with Gasteiger partial charge < -0.3 is 13.9 Å². The number of nitrogens with zero attached hydrogens (tertiary/aromatic N) is 2. The van der Waals surface area contributed by atoms with Gasteiger partial charge in [-0.15, -0.1) is 0 Å². The summed E-state index contributed by atoms with van der Waals surface area (Å²) in [5, 5.41) is 9.46. The number of hydrogen-bond donors (Lipinski definition) is 0. The third kappa shape index (κ3) is 5.66. The quantitative estimate of drug-likeness (QED) is 0.151. The molecule has 0 spiro atoms. The van der Waals surface area contributed by atoms with Crippen molar-refractivity contribution in [1.82, 2.24) is 4.57 Å². The van der Waals surface area contributed by atoms with Crippen LogP contribution in [0.25, 0.3) is 87.7 Å². The average molecular weight is 757 g/mol. The molecule has 0 radical (unpaired) electrons. The van der Waals surface area contributed by atoms with Crippen LogP contribution < -0.4 is 4.90 Å². The van der Waals surface area contributed by atoms with Crippen molar-refractivity contribution in [3.05, 3.63) is 218 Å². The lowest BCUT2D eigenvalue weighted by atomic mass is 9.97. The molecule has 0 bridgehead atoms. The first-order valence-corrected chi connectivity index (χ1v) is 20.3. The Morgan fingerprint density at radius 3 is 1.95 bits per heavy atom. The van der Waals surface area contributed by atoms with E-state index in [1.165, 1.54) is 43.5 Å². The van der Waals surface area contributed by atoms with Crippen LogP contribution in [0.1, 0.15) is 19.4 Å². The third-order valence-corrected chi connectivity index (χ3v) is 11.9. The monoisotopic (exact) mass is 756 g/mol. The maximum absolute atomic E-state index is 6.57. The first kappa shape index (κ1) is 34.6. The summed E-state index contributed by atoms with van der Waals surface area (Å²) >= 11 is 0. The lowest BCUT2D eigenvalue weighted by Gasteiger charge is -2.31. The predicted octanol–water partition coefficient (Wildman–Crippen LogP) is 15.8. The van der Waals surface area contributed by atoms with E-state index in [0.29, 0.717) is 0 Å². The van der Waals surface area contributed by atoms with Crippen LogP contribution in [0, 0.1) is 0 Å². The molecule has 0 aliphatic carbocycles. The van der Waals surface area contributed by atoms with Crippen molar-refractivity contribution in [1.29, 1.82) is 0 Å². The van der Waals surface area contributed by atoms with E-state index in [1.807, 2.05) is 0 Å². The molecule has 0 atom stereocenters. The fraction of sp³-hybridized carbons (Fsp3) is 0.0357. The van der Waals surface area contributed by atoms with Crippen LogP contribution in [-0.4, -0.2) is 4.57 Å². The number of furan rings is 1. The summed E-state index contributed by atoms with van der Waals surface area (Å²) in [7, 11) is 0. The fourth-order valence-corrected chi connectivity index (χ4v) is 9.21. The van der Waals surface area contributed by atoms with E-state index >= 15 is 0 Å². The summed E-state index contributed by atoms with van der Waals surface area (Å²) in [6, 6.07) is 70.0. The van der Waals surface area contributed by atoms with Gasteiger partial charge in [0.25, 0.3) is 0 Å². The van der Waals surface area contributed by atoms with Crippen LogP contribution >= 0.6 is 0 Å². The van der Waals surface area contributed by atoms with E-state index in [9.17, 15) is 0 Å². The van der Waals surface area contributed by atoms with Gasteiger partial charge in [-0.25, -0.2) is 0 Å². The minimum absolute atomic E-state index is 0.883. The molecule has 3 heteroatoms. The summed E-state index contributed by atoms with van der Waals surface area (Å²) in [5.41, 5.74) is 13.1. The molecule has 59 heavy (non-hydrogen) atoms. The van der Waals surface area contributed by atoms with Crippen molar-refractivity contribution in [3.8, 4) is 16.8 Å². The molecule has 0 saturated heterocycles. The van der Waals surface area contributed by atoms with E-state index in [0.717, 1.165) is 66.8 Å². The molecular formula is C56H40N2O. The maximum Gasteiger partial charge on any atom is 0.143 e. The predicted molar refractivity (Wildman–Crippen MR) is 251 cm³/mol. The zero-order valence-electron chi connectivity index (χ0n) is 32.9. The lowest BCUT2D eigenvalue weighted by Crippen LogP contribution is -2.18. The van der Waals surface area contributed by atoms with Gasteiger partial charge >= 0.3 is 0 Å². The average Bonchev–Trinajstić information content (AvgIpc) is 3.84. The molecule has 9 aromatic carbocycles. The van der Waals surface area contributed by atoms with Crippen LogP contribution in [0.2, 0.25) is 0 Å². The van der Waals surface area contributed by atoms with Gasteiger partial charge in [0.2, 0.25) is 0 Å². The first-order chi connectivity index (χ1) is 29.2. The van der Waals surface area contributed by atoms with Crippen molar-refractivity contribution in [2.75, 3.05) is 4.90 Å². The first-order valence-electron chi connectivity index (χ1n) is 20.3. The zero-order chi connectivity index (χ0) is 39.5. The van der Waals surface area contributed by atoms with Crippen molar-refractivity contribution < 1.29 is 4.42 Å². The minimum Gasteiger partial charge on any atom is -0.455 e. The van der Waals surface area contributed by atoms with Crippen molar-refractivity contribution in [3.63, 3.8) is 0 Å². The Labute approximate surface area is 343 Å². The Bertz CT molecular complexity index is 3430. The van der Waals surface area contributed by atoms with Crippen molar-refractivity contribution in [2.24, 2.45) is 0 Å². The highest BCUT2D eigenvalue weighted by molar-refractivity contribution is 6.15. The highest BCUT2D eigenvalue weighted by Gasteiger charge is 2.23. The number of allylic oxidation sites excluding steroid dienone is 4. The van der Waals surface area contributed by atoms with E-state index in [1.54, 1.807) is 0 Å². The van der Waals surface area contributed by atoms with Gasteiger partial charge in [0.05, 0.1) is 22.4 Å². The Morgan fingerprint density at radius 1 is 0.525 bits per heavy atom. The molecule has 11 rings (SSSR count). The van der Waals surface area contributed by atoms with Crippen LogP contribution in [0.5, 0.6) is 0 Å². The lowest BCUT2D eigenvalue weighted by molar-refractivity contribution is 0.672. The Kier molecular flexibility index (Phi) is 8.27. The van der Waals surface area contributed by atoms with Crippen molar-refractivity contribution in [2.45, 2.75) is 13.8 Å². The molecule has 2 aromatic heterocycles. The number of fused-ring (bicyclic) bond motifs is 9. The Morgan fingerprint density at radius 2 is 1.17 bits per heavy atom. The molecule has 0 aliphatic heterocycles. The normalized spacial score (nSPS) is 12.4. The summed E-state index contributed by atoms with van der Waals surface area (Å²) < 4.78 is 9.00. The van der Waals surface area contributed by atoms with E-state index in [2.05, 4.69) is 230 Å². The second-order valence-electron chi connectivity index (χ2n) is 15.2. The van der Waals surface area contributed by atoms with E-state index in [4.69, 9.17) is 4.42 Å². The SMILES string of the molecule is C/C=C\C(=C(/C)N(c1cccc(-c2cccc3ccccc23)c1)c1ccccc1-n1c2ccccc2c2ccccc21)c1ccc2oc3c4ccccc4ccc3c2c1. The highest BCUT2D eigenvalue weighted by atomic mass is 16.3. The molecule has 0 amide bonds. The van der Waals surface area contributed by atoms with Crippen LogP contribution in [0.3, 0.4) is 0 Å². The number of anilines is 2. The maximum atomic E-state index is 6.57. The van der Waals surface area contributed by atoms with Crippen LogP contribution in [0.4, 0.5) is 11.4 Å². The summed E-state index contributed by atoms with van der Waals surface area (Å²) in [5.74, 6) is 0. The molecule has 3 nitrogen and oxygen atoms in total. The number of benzene rings is 9. The van der Waals surface area contributed by atoms with Gasteiger partial charge in [-0.3, -0.25) is 0 Å². The van der Waals surface area contributed by atoms with Crippen LogP contribution in [-0.2, 0) is 0 Å². The van der Waals surface area contributed by atoms with Gasteiger partial charge in [-0.1, -0.05) is 152 Å². The van der Waals surface area contributed by atoms with Gasteiger partial charge in [0, 0.05) is 43.9 Å². The molecule has 11 aromatic rings. The number of rotatable bonds is 7. The second kappa shape index (κ2) is 14.1. The van der Waals surface area contributed by atoms with Gasteiger partial charge in [-0.2, -0.15) is 0 Å². The third-order valence-electron chi connectivity index (χ3n) is 11.9. The molecule has 0 aliphatic rings.